The van der Waals surface area contributed by atoms with Crippen LogP contribution >= 0.6 is 0 Å². The third kappa shape index (κ3) is 3.52. The third-order valence-corrected chi connectivity index (χ3v) is 4.62. The van der Waals surface area contributed by atoms with Crippen LogP contribution in [0.15, 0.2) is 23.1 Å². The van der Waals surface area contributed by atoms with Gasteiger partial charge in [-0.1, -0.05) is 17.7 Å². The zero-order valence-corrected chi connectivity index (χ0v) is 11.7. The molecule has 0 unspecified atom stereocenters. The van der Waals surface area contributed by atoms with Crippen LogP contribution in [-0.2, 0) is 10.0 Å². The molecular formula is C12H19NO5S. The summed E-state index contributed by atoms with van der Waals surface area (Å²) in [4.78, 5) is 0.0535. The largest absolute Gasteiger partial charge is 0.394 e. The van der Waals surface area contributed by atoms with E-state index in [0.717, 1.165) is 5.56 Å². The number of hydrogen-bond acceptors (Lipinski definition) is 5. The van der Waals surface area contributed by atoms with Gasteiger partial charge in [0.1, 0.15) is 5.54 Å². The third-order valence-electron chi connectivity index (χ3n) is 2.88. The van der Waals surface area contributed by atoms with E-state index in [1.165, 1.54) is 6.07 Å². The molecule has 0 aliphatic rings. The van der Waals surface area contributed by atoms with Crippen molar-refractivity contribution in [3.63, 3.8) is 0 Å². The molecule has 108 valence electrons. The molecule has 0 spiro atoms. The Kier molecular flexibility index (Phi) is 5.05. The number of sulfonamides is 1. The van der Waals surface area contributed by atoms with Gasteiger partial charge in [-0.05, 0) is 25.5 Å². The summed E-state index contributed by atoms with van der Waals surface area (Å²) in [5, 5.41) is 27.5. The highest BCUT2D eigenvalue weighted by atomic mass is 32.2. The molecule has 0 atom stereocenters. The predicted molar refractivity (Wildman–Crippen MR) is 70.2 cm³/mol. The summed E-state index contributed by atoms with van der Waals surface area (Å²) in [6.07, 6.45) is 0. The van der Waals surface area contributed by atoms with E-state index in [1.54, 1.807) is 19.1 Å². The molecule has 6 nitrogen and oxygen atoms in total. The van der Waals surface area contributed by atoms with Crippen LogP contribution in [0.1, 0.15) is 11.1 Å². The molecule has 0 saturated heterocycles. The Balaban J connectivity index is 3.17. The van der Waals surface area contributed by atoms with Crippen molar-refractivity contribution in [1.29, 1.82) is 0 Å². The Labute approximate surface area is 112 Å². The summed E-state index contributed by atoms with van der Waals surface area (Å²) in [5.74, 6) is 0. The van der Waals surface area contributed by atoms with Crippen LogP contribution < -0.4 is 4.72 Å². The molecule has 19 heavy (non-hydrogen) atoms. The zero-order chi connectivity index (χ0) is 14.7. The summed E-state index contributed by atoms with van der Waals surface area (Å²) >= 11 is 0. The lowest BCUT2D eigenvalue weighted by atomic mass is 10.1. The van der Waals surface area contributed by atoms with E-state index in [0.29, 0.717) is 5.56 Å². The summed E-state index contributed by atoms with van der Waals surface area (Å²) < 4.78 is 26.6. The normalized spacial score (nSPS) is 12.7. The highest BCUT2D eigenvalue weighted by molar-refractivity contribution is 7.89. The van der Waals surface area contributed by atoms with Gasteiger partial charge in [-0.2, -0.15) is 4.72 Å². The topological polar surface area (TPSA) is 107 Å². The molecule has 0 saturated carbocycles. The first-order valence-corrected chi connectivity index (χ1v) is 7.22. The number of nitrogens with one attached hydrogen (secondary N) is 1. The van der Waals surface area contributed by atoms with Gasteiger partial charge in [-0.3, -0.25) is 0 Å². The maximum Gasteiger partial charge on any atom is 0.241 e. The number of hydrogen-bond donors (Lipinski definition) is 4. The number of aliphatic hydroxyl groups is 3. The second-order valence-electron chi connectivity index (χ2n) is 4.63. The van der Waals surface area contributed by atoms with Crippen LogP contribution in [0.25, 0.3) is 0 Å². The van der Waals surface area contributed by atoms with Crippen molar-refractivity contribution < 1.29 is 23.7 Å². The molecule has 1 aromatic carbocycles. The Morgan fingerprint density at radius 2 is 1.63 bits per heavy atom. The van der Waals surface area contributed by atoms with Gasteiger partial charge < -0.3 is 15.3 Å². The van der Waals surface area contributed by atoms with Crippen LogP contribution in [0.5, 0.6) is 0 Å². The molecular weight excluding hydrogens is 270 g/mol. The van der Waals surface area contributed by atoms with E-state index in [-0.39, 0.29) is 4.90 Å². The van der Waals surface area contributed by atoms with E-state index >= 15 is 0 Å². The summed E-state index contributed by atoms with van der Waals surface area (Å²) in [6.45, 7) is 1.38. The van der Waals surface area contributed by atoms with E-state index in [2.05, 4.69) is 4.72 Å². The Morgan fingerprint density at radius 1 is 1.11 bits per heavy atom. The average Bonchev–Trinajstić information content (AvgIpc) is 2.35. The fourth-order valence-electron chi connectivity index (χ4n) is 1.69. The number of aliphatic hydroxyl groups excluding tert-OH is 3. The quantitative estimate of drug-likeness (QED) is 0.554. The summed E-state index contributed by atoms with van der Waals surface area (Å²) in [7, 11) is -3.93. The lowest BCUT2D eigenvalue weighted by Gasteiger charge is -2.28. The summed E-state index contributed by atoms with van der Waals surface area (Å²) in [6, 6.07) is 4.82. The van der Waals surface area contributed by atoms with Gasteiger partial charge in [-0.15, -0.1) is 0 Å². The average molecular weight is 289 g/mol. The fraction of sp³-hybridized carbons (Fsp3) is 0.500. The van der Waals surface area contributed by atoms with Gasteiger partial charge in [0.05, 0.1) is 24.7 Å². The standard InChI is InChI=1S/C12H19NO5S/c1-9-3-4-11(10(2)5-9)19(17,18)13-12(6-14,7-15)8-16/h3-5,13-16H,6-8H2,1-2H3. The van der Waals surface area contributed by atoms with Crippen LogP contribution in [0.2, 0.25) is 0 Å². The zero-order valence-electron chi connectivity index (χ0n) is 10.9. The molecule has 0 radical (unpaired) electrons. The smallest absolute Gasteiger partial charge is 0.241 e. The molecule has 0 amide bonds. The molecule has 0 aliphatic heterocycles. The lowest BCUT2D eigenvalue weighted by molar-refractivity contribution is 0.0582. The predicted octanol–water partition coefficient (Wildman–Crippen LogP) is -0.703. The first kappa shape index (κ1) is 16.1. The SMILES string of the molecule is Cc1ccc(S(=O)(=O)NC(CO)(CO)CO)c(C)c1. The van der Waals surface area contributed by atoms with E-state index in [1.807, 2.05) is 6.92 Å². The Morgan fingerprint density at radius 3 is 2.05 bits per heavy atom. The van der Waals surface area contributed by atoms with Gasteiger partial charge in [0, 0.05) is 0 Å². The first-order chi connectivity index (χ1) is 8.80. The van der Waals surface area contributed by atoms with Gasteiger partial charge in [-0.25, -0.2) is 8.42 Å². The molecule has 1 rings (SSSR count). The van der Waals surface area contributed by atoms with Crippen molar-refractivity contribution in [2.24, 2.45) is 0 Å². The van der Waals surface area contributed by atoms with E-state index < -0.39 is 35.4 Å². The minimum atomic E-state index is -3.93. The minimum absolute atomic E-state index is 0.0535. The first-order valence-electron chi connectivity index (χ1n) is 5.74. The van der Waals surface area contributed by atoms with Crippen LogP contribution in [0, 0.1) is 13.8 Å². The van der Waals surface area contributed by atoms with E-state index in [4.69, 9.17) is 15.3 Å². The van der Waals surface area contributed by atoms with Crippen molar-refractivity contribution in [1.82, 2.24) is 4.72 Å². The van der Waals surface area contributed by atoms with E-state index in [9.17, 15) is 8.42 Å². The van der Waals surface area contributed by atoms with Gasteiger partial charge in [0.2, 0.25) is 10.0 Å². The van der Waals surface area contributed by atoms with Crippen molar-refractivity contribution in [2.45, 2.75) is 24.3 Å². The van der Waals surface area contributed by atoms with Crippen molar-refractivity contribution in [2.75, 3.05) is 19.8 Å². The summed E-state index contributed by atoms with van der Waals surface area (Å²) in [5.41, 5.74) is -0.194. The van der Waals surface area contributed by atoms with Gasteiger partial charge >= 0.3 is 0 Å². The van der Waals surface area contributed by atoms with Gasteiger partial charge in [0.15, 0.2) is 0 Å². The Bertz CT molecular complexity index is 529. The maximum atomic E-state index is 12.2. The van der Waals surface area contributed by atoms with Crippen molar-refractivity contribution >= 4 is 10.0 Å². The fourth-order valence-corrected chi connectivity index (χ4v) is 3.29. The molecule has 0 aliphatic carbocycles. The molecule has 1 aromatic rings. The number of aryl methyl sites for hydroxylation is 2. The molecule has 0 bridgehead atoms. The van der Waals surface area contributed by atoms with Crippen LogP contribution in [0.3, 0.4) is 0 Å². The second kappa shape index (κ2) is 5.98. The molecule has 4 N–H and O–H groups in total. The second-order valence-corrected chi connectivity index (χ2v) is 6.28. The van der Waals surface area contributed by atoms with Crippen molar-refractivity contribution in [3.05, 3.63) is 29.3 Å². The monoisotopic (exact) mass is 289 g/mol. The number of benzene rings is 1. The van der Waals surface area contributed by atoms with Crippen molar-refractivity contribution in [3.8, 4) is 0 Å². The minimum Gasteiger partial charge on any atom is -0.394 e. The van der Waals surface area contributed by atoms with Crippen LogP contribution in [0.4, 0.5) is 0 Å². The molecule has 0 heterocycles. The van der Waals surface area contributed by atoms with Gasteiger partial charge in [0.25, 0.3) is 0 Å². The lowest BCUT2D eigenvalue weighted by Crippen LogP contribution is -2.56. The highest BCUT2D eigenvalue weighted by Crippen LogP contribution is 2.18. The molecule has 0 aromatic heterocycles. The number of rotatable bonds is 6. The highest BCUT2D eigenvalue weighted by Gasteiger charge is 2.34. The molecule has 7 heteroatoms. The van der Waals surface area contributed by atoms with Crippen LogP contribution in [-0.4, -0.2) is 49.1 Å². The molecule has 0 fully saturated rings. The maximum absolute atomic E-state index is 12.2. The Hall–Kier alpha value is -0.990.